The Labute approximate surface area is 212 Å². The van der Waals surface area contributed by atoms with Crippen LogP contribution in [0.25, 0.3) is 22.3 Å². The van der Waals surface area contributed by atoms with Gasteiger partial charge in [0.1, 0.15) is 12.4 Å². The maximum Gasteiger partial charge on any atom is 0.343 e. The third-order valence-electron chi connectivity index (χ3n) is 6.99. The molecule has 0 radical (unpaired) electrons. The topological polar surface area (TPSA) is 108 Å². The zero-order valence-electron chi connectivity index (χ0n) is 20.6. The molecule has 0 saturated carbocycles. The molecule has 0 spiro atoms. The van der Waals surface area contributed by atoms with Crippen LogP contribution in [0.1, 0.15) is 55.9 Å². The Morgan fingerprint density at radius 2 is 2.06 bits per heavy atom. The van der Waals surface area contributed by atoms with Gasteiger partial charge in [0.2, 0.25) is 0 Å². The fourth-order valence-corrected chi connectivity index (χ4v) is 5.65. The second-order valence-corrected chi connectivity index (χ2v) is 10.4. The van der Waals surface area contributed by atoms with Crippen LogP contribution >= 0.6 is 11.8 Å². The summed E-state index contributed by atoms with van der Waals surface area (Å²) < 4.78 is 12.7. The lowest BCUT2D eigenvalue weighted by molar-refractivity contribution is -0.172. The van der Waals surface area contributed by atoms with Crippen LogP contribution in [-0.4, -0.2) is 38.1 Å². The van der Waals surface area contributed by atoms with Gasteiger partial charge in [0.05, 0.1) is 35.6 Å². The van der Waals surface area contributed by atoms with E-state index in [1.165, 1.54) is 11.8 Å². The van der Waals surface area contributed by atoms with Gasteiger partial charge in [0.25, 0.3) is 5.56 Å². The van der Waals surface area contributed by atoms with E-state index in [9.17, 15) is 19.5 Å². The number of carbonyl (C=O) groups excluding carboxylic acids is 2. The monoisotopic (exact) mass is 508 g/mol. The van der Waals surface area contributed by atoms with Crippen LogP contribution in [0, 0.1) is 0 Å². The van der Waals surface area contributed by atoms with Crippen LogP contribution < -0.4 is 10.3 Å². The van der Waals surface area contributed by atoms with Crippen LogP contribution in [0.15, 0.2) is 29.1 Å². The minimum atomic E-state index is -1.84. The van der Waals surface area contributed by atoms with Crippen LogP contribution in [0.4, 0.5) is 0 Å². The number of hydrogen-bond acceptors (Lipinski definition) is 8. The van der Waals surface area contributed by atoms with Crippen molar-refractivity contribution in [1.82, 2.24) is 9.55 Å². The fraction of sp³-hybridized carbons (Fsp3) is 0.407. The van der Waals surface area contributed by atoms with Crippen LogP contribution in [-0.2, 0) is 39.5 Å². The van der Waals surface area contributed by atoms with E-state index in [2.05, 4.69) is 6.92 Å². The third-order valence-corrected chi connectivity index (χ3v) is 7.89. The smallest absolute Gasteiger partial charge is 0.343 e. The van der Waals surface area contributed by atoms with Gasteiger partial charge in [0, 0.05) is 29.2 Å². The van der Waals surface area contributed by atoms with Crippen molar-refractivity contribution in [2.45, 2.75) is 58.8 Å². The van der Waals surface area contributed by atoms with Crippen molar-refractivity contribution in [1.29, 1.82) is 0 Å². The summed E-state index contributed by atoms with van der Waals surface area (Å²) in [5.41, 5.74) is 2.67. The first kappa shape index (κ1) is 24.5. The van der Waals surface area contributed by atoms with E-state index < -0.39 is 11.6 Å². The first-order valence-electron chi connectivity index (χ1n) is 12.2. The van der Waals surface area contributed by atoms with Gasteiger partial charge in [-0.3, -0.25) is 9.59 Å². The number of nitrogens with zero attached hydrogens (tertiary/aromatic N) is 2. The molecule has 36 heavy (non-hydrogen) atoms. The fourth-order valence-electron chi connectivity index (χ4n) is 5.10. The SMILES string of the molecule is CCc1c2c(nc3ccc(OCCCSC(C)=O)cc13)-c1cc3c(c(=O)n1C2)COC(=O)[C@]3(O)CC. The highest BCUT2D eigenvalue weighted by molar-refractivity contribution is 8.13. The third kappa shape index (κ3) is 3.90. The van der Waals surface area contributed by atoms with Gasteiger partial charge in [-0.15, -0.1) is 0 Å². The quantitative estimate of drug-likeness (QED) is 0.298. The number of thioether (sulfide) groups is 1. The van der Waals surface area contributed by atoms with Crippen molar-refractivity contribution >= 4 is 33.7 Å². The number of rotatable bonds is 7. The summed E-state index contributed by atoms with van der Waals surface area (Å²) in [5, 5.41) is 12.1. The number of ether oxygens (including phenoxy) is 2. The number of carbonyl (C=O) groups is 2. The zero-order valence-corrected chi connectivity index (χ0v) is 21.4. The Bertz CT molecular complexity index is 1460. The highest BCUT2D eigenvalue weighted by Gasteiger charge is 2.45. The molecule has 5 rings (SSSR count). The van der Waals surface area contributed by atoms with Gasteiger partial charge < -0.3 is 19.1 Å². The van der Waals surface area contributed by atoms with Crippen molar-refractivity contribution in [2.24, 2.45) is 0 Å². The summed E-state index contributed by atoms with van der Waals surface area (Å²) in [6, 6.07) is 7.51. The highest BCUT2D eigenvalue weighted by atomic mass is 32.2. The summed E-state index contributed by atoms with van der Waals surface area (Å²) in [4.78, 5) is 41.8. The standard InChI is InChI=1S/C27H28N2O6S/c1-4-17-18-11-16(34-9-6-10-36-15(3)30)7-8-22(18)28-24-19(17)13-29-23(24)12-21-20(25(29)31)14-35-26(32)27(21,33)5-2/h7-8,11-12,33H,4-6,9-10,13-14H2,1-3H3/t27-/m0/s1. The number of aryl methyl sites for hydroxylation is 1. The van der Waals surface area contributed by atoms with Crippen molar-refractivity contribution in [3.8, 4) is 17.1 Å². The number of hydrogen-bond donors (Lipinski definition) is 1. The summed E-state index contributed by atoms with van der Waals surface area (Å²) >= 11 is 1.30. The molecule has 1 N–H and O–H groups in total. The van der Waals surface area contributed by atoms with Crippen molar-refractivity contribution in [3.63, 3.8) is 0 Å². The predicted octanol–water partition coefficient (Wildman–Crippen LogP) is 3.69. The second-order valence-electron chi connectivity index (χ2n) is 9.10. The number of pyridine rings is 2. The molecular formula is C27H28N2O6S. The molecule has 1 aromatic carbocycles. The normalized spacial score (nSPS) is 17.9. The molecule has 4 heterocycles. The number of aromatic nitrogens is 2. The number of fused-ring (bicyclic) bond motifs is 5. The highest BCUT2D eigenvalue weighted by Crippen LogP contribution is 2.40. The molecule has 2 aliphatic heterocycles. The molecule has 2 aliphatic rings. The maximum atomic E-state index is 13.4. The predicted molar refractivity (Wildman–Crippen MR) is 137 cm³/mol. The van der Waals surface area contributed by atoms with Crippen LogP contribution in [0.2, 0.25) is 0 Å². The molecule has 0 amide bonds. The van der Waals surface area contributed by atoms with Gasteiger partial charge in [-0.25, -0.2) is 9.78 Å². The van der Waals surface area contributed by atoms with Crippen LogP contribution in [0.3, 0.4) is 0 Å². The average molecular weight is 509 g/mol. The first-order valence-corrected chi connectivity index (χ1v) is 13.2. The number of esters is 1. The van der Waals surface area contributed by atoms with Crippen molar-refractivity contribution in [3.05, 3.63) is 56.9 Å². The molecule has 1 atom stereocenters. The van der Waals surface area contributed by atoms with E-state index in [1.807, 2.05) is 18.2 Å². The lowest BCUT2D eigenvalue weighted by atomic mass is 9.86. The zero-order chi connectivity index (χ0) is 25.6. The molecule has 0 aliphatic carbocycles. The second kappa shape index (κ2) is 9.37. The first-order chi connectivity index (χ1) is 17.3. The van der Waals surface area contributed by atoms with Gasteiger partial charge >= 0.3 is 5.97 Å². The molecule has 0 saturated heterocycles. The molecule has 0 unspecified atom stereocenters. The number of aliphatic hydroxyl groups is 1. The van der Waals surface area contributed by atoms with Gasteiger partial charge in [0.15, 0.2) is 10.7 Å². The van der Waals surface area contributed by atoms with Crippen molar-refractivity contribution < 1.29 is 24.2 Å². The minimum Gasteiger partial charge on any atom is -0.494 e. The van der Waals surface area contributed by atoms with E-state index in [1.54, 1.807) is 24.5 Å². The largest absolute Gasteiger partial charge is 0.494 e. The van der Waals surface area contributed by atoms with E-state index in [0.29, 0.717) is 35.7 Å². The van der Waals surface area contributed by atoms with Crippen molar-refractivity contribution in [2.75, 3.05) is 12.4 Å². The Kier molecular flexibility index (Phi) is 6.38. The molecule has 3 aromatic rings. The average Bonchev–Trinajstić information content (AvgIpc) is 3.23. The summed E-state index contributed by atoms with van der Waals surface area (Å²) in [5.74, 6) is 0.727. The number of benzene rings is 1. The molecule has 188 valence electrons. The Hall–Kier alpha value is -3.17. The minimum absolute atomic E-state index is 0.104. The van der Waals surface area contributed by atoms with Gasteiger partial charge in [-0.1, -0.05) is 25.6 Å². The van der Waals surface area contributed by atoms with Gasteiger partial charge in [-0.2, -0.15) is 0 Å². The number of cyclic esters (lactones) is 1. The van der Waals surface area contributed by atoms with E-state index >= 15 is 0 Å². The summed E-state index contributed by atoms with van der Waals surface area (Å²) in [7, 11) is 0. The molecule has 8 nitrogen and oxygen atoms in total. The maximum absolute atomic E-state index is 13.4. The lowest BCUT2D eigenvalue weighted by Crippen LogP contribution is -2.44. The molecule has 0 bridgehead atoms. The molecule has 0 fully saturated rings. The molecular weight excluding hydrogens is 480 g/mol. The molecule has 9 heteroatoms. The lowest BCUT2D eigenvalue weighted by Gasteiger charge is -2.31. The Balaban J connectivity index is 1.55. The van der Waals surface area contributed by atoms with E-state index in [4.69, 9.17) is 14.5 Å². The van der Waals surface area contributed by atoms with E-state index in [-0.39, 0.29) is 23.7 Å². The Morgan fingerprint density at radius 3 is 2.78 bits per heavy atom. The van der Waals surface area contributed by atoms with Gasteiger partial charge in [-0.05, 0) is 49.1 Å². The molecule has 2 aromatic heterocycles. The summed E-state index contributed by atoms with van der Waals surface area (Å²) in [6.45, 7) is 6.06. The summed E-state index contributed by atoms with van der Waals surface area (Å²) in [6.07, 6.45) is 1.61. The Morgan fingerprint density at radius 1 is 1.25 bits per heavy atom. The van der Waals surface area contributed by atoms with Crippen LogP contribution in [0.5, 0.6) is 5.75 Å². The van der Waals surface area contributed by atoms with E-state index in [0.717, 1.165) is 46.4 Å².